The van der Waals surface area contributed by atoms with Crippen LogP contribution >= 0.6 is 0 Å². The van der Waals surface area contributed by atoms with Gasteiger partial charge in [-0.2, -0.15) is 0 Å². The molecule has 1 aliphatic rings. The quantitative estimate of drug-likeness (QED) is 0.129. The van der Waals surface area contributed by atoms with Crippen molar-refractivity contribution in [3.8, 4) is 33.4 Å². The number of allylic oxidation sites excluding steroid dienone is 1. The number of nitrogens with zero attached hydrogens (tertiary/aromatic N) is 1. The summed E-state index contributed by atoms with van der Waals surface area (Å²) in [4.78, 5) is 4.96. The Morgan fingerprint density at radius 2 is 1.02 bits per heavy atom. The molecule has 0 radical (unpaired) electrons. The van der Waals surface area contributed by atoms with Crippen molar-refractivity contribution in [1.29, 1.82) is 5.41 Å². The number of fused-ring (bicyclic) bond motifs is 8. The number of benzene rings is 10. The van der Waals surface area contributed by atoms with E-state index in [1.165, 1.54) is 71.4 Å². The largest absolute Gasteiger partial charge is 0.282 e. The van der Waals surface area contributed by atoms with Crippen LogP contribution in [0, 0.1) is 5.41 Å². The lowest BCUT2D eigenvalue weighted by atomic mass is 9.81. The van der Waals surface area contributed by atoms with Gasteiger partial charge in [-0.15, -0.1) is 0 Å². The van der Waals surface area contributed by atoms with Crippen molar-refractivity contribution in [3.05, 3.63) is 234 Å². The van der Waals surface area contributed by atoms with Gasteiger partial charge in [0.05, 0.1) is 5.71 Å². The van der Waals surface area contributed by atoms with Crippen LogP contribution in [0.15, 0.2) is 211 Å². The Labute approximate surface area is 356 Å². The monoisotopic (exact) mass is 778 g/mol. The second kappa shape index (κ2) is 14.5. The van der Waals surface area contributed by atoms with Crippen molar-refractivity contribution in [2.45, 2.75) is 19.3 Å². The minimum absolute atomic E-state index is 0.110. The Kier molecular flexibility index (Phi) is 8.68. The molecule has 1 aliphatic carbocycles. The van der Waals surface area contributed by atoms with E-state index in [1.807, 2.05) is 30.3 Å². The second-order valence-electron chi connectivity index (χ2n) is 16.6. The van der Waals surface area contributed by atoms with Crippen LogP contribution in [0.25, 0.3) is 82.5 Å². The molecule has 2 nitrogen and oxygen atoms in total. The van der Waals surface area contributed by atoms with E-state index >= 15 is 0 Å². The Balaban J connectivity index is 1.00. The van der Waals surface area contributed by atoms with Crippen LogP contribution in [0.4, 0.5) is 0 Å². The topological polar surface area (TPSA) is 36.2 Å². The van der Waals surface area contributed by atoms with E-state index in [-0.39, 0.29) is 11.3 Å². The predicted molar refractivity (Wildman–Crippen MR) is 260 cm³/mol. The minimum atomic E-state index is -0.110. The maximum Gasteiger partial charge on any atom is 0.152 e. The summed E-state index contributed by atoms with van der Waals surface area (Å²) >= 11 is 0. The zero-order valence-corrected chi connectivity index (χ0v) is 34.2. The molecule has 0 unspecified atom stereocenters. The zero-order valence-electron chi connectivity index (χ0n) is 34.2. The highest BCUT2D eigenvalue weighted by molar-refractivity contribution is 6.23. The number of hydrogen-bond donors (Lipinski definition) is 1. The molecule has 10 aromatic carbocycles. The molecule has 1 N–H and O–H groups in total. The average molecular weight is 779 g/mol. The number of amidine groups is 1. The van der Waals surface area contributed by atoms with E-state index in [9.17, 15) is 0 Å². The third kappa shape index (κ3) is 6.10. The molecule has 0 amide bonds. The van der Waals surface area contributed by atoms with Crippen molar-refractivity contribution < 1.29 is 0 Å². The van der Waals surface area contributed by atoms with Crippen LogP contribution < -0.4 is 0 Å². The lowest BCUT2D eigenvalue weighted by Crippen LogP contribution is -2.15. The van der Waals surface area contributed by atoms with E-state index in [0.717, 1.165) is 38.6 Å². The Bertz CT molecular complexity index is 3450. The van der Waals surface area contributed by atoms with E-state index in [1.54, 1.807) is 0 Å². The second-order valence-corrected chi connectivity index (χ2v) is 16.6. The smallest absolute Gasteiger partial charge is 0.152 e. The van der Waals surface area contributed by atoms with Gasteiger partial charge >= 0.3 is 0 Å². The van der Waals surface area contributed by atoms with Crippen molar-refractivity contribution in [2.24, 2.45) is 4.99 Å². The molecule has 0 saturated heterocycles. The van der Waals surface area contributed by atoms with Gasteiger partial charge in [-0.25, -0.2) is 4.99 Å². The highest BCUT2D eigenvalue weighted by Gasteiger charge is 2.36. The van der Waals surface area contributed by atoms with E-state index in [0.29, 0.717) is 0 Å². The van der Waals surface area contributed by atoms with Crippen LogP contribution in [0.2, 0.25) is 0 Å². The van der Waals surface area contributed by atoms with Crippen molar-refractivity contribution in [3.63, 3.8) is 0 Å². The predicted octanol–water partition coefficient (Wildman–Crippen LogP) is 15.5. The maximum absolute atomic E-state index is 8.97. The summed E-state index contributed by atoms with van der Waals surface area (Å²) < 4.78 is 0. The lowest BCUT2D eigenvalue weighted by Gasteiger charge is -2.22. The summed E-state index contributed by atoms with van der Waals surface area (Å²) in [5.74, 6) is 0.228. The molecule has 61 heavy (non-hydrogen) atoms. The third-order valence-electron chi connectivity index (χ3n) is 12.8. The van der Waals surface area contributed by atoms with E-state index < -0.39 is 0 Å². The fourth-order valence-electron chi connectivity index (χ4n) is 9.75. The van der Waals surface area contributed by atoms with Gasteiger partial charge in [0, 0.05) is 16.5 Å². The lowest BCUT2D eigenvalue weighted by molar-refractivity contribution is 0.661. The highest BCUT2D eigenvalue weighted by Crippen LogP contribution is 2.52. The molecule has 0 spiro atoms. The normalized spacial score (nSPS) is 13.3. The van der Waals surface area contributed by atoms with Gasteiger partial charge in [-0.05, 0) is 105 Å². The van der Waals surface area contributed by atoms with Gasteiger partial charge in [-0.1, -0.05) is 214 Å². The van der Waals surface area contributed by atoms with Crippen molar-refractivity contribution >= 4 is 60.7 Å². The molecule has 288 valence electrons. The Morgan fingerprint density at radius 3 is 1.77 bits per heavy atom. The van der Waals surface area contributed by atoms with Gasteiger partial charge in [0.25, 0.3) is 0 Å². The van der Waals surface area contributed by atoms with Gasteiger partial charge in [0.2, 0.25) is 0 Å². The van der Waals surface area contributed by atoms with Crippen LogP contribution in [-0.2, 0) is 5.41 Å². The Hall–Kier alpha value is -7.68. The highest BCUT2D eigenvalue weighted by atomic mass is 14.8. The molecule has 2 heteroatoms. The first kappa shape index (κ1) is 36.4. The summed E-state index contributed by atoms with van der Waals surface area (Å²) in [5, 5.41) is 18.6. The first-order valence-corrected chi connectivity index (χ1v) is 21.0. The van der Waals surface area contributed by atoms with Gasteiger partial charge in [0.1, 0.15) is 0 Å². The molecule has 0 saturated carbocycles. The number of hydrogen-bond acceptors (Lipinski definition) is 1. The van der Waals surface area contributed by atoms with Crippen molar-refractivity contribution in [1.82, 2.24) is 0 Å². The molecule has 0 heterocycles. The van der Waals surface area contributed by atoms with E-state index in [4.69, 9.17) is 10.4 Å². The number of aliphatic imine (C=N–C) groups is 1. The first-order chi connectivity index (χ1) is 29.9. The summed E-state index contributed by atoms with van der Waals surface area (Å²) in [6.07, 6.45) is 4.23. The van der Waals surface area contributed by atoms with Gasteiger partial charge < -0.3 is 0 Å². The number of rotatable bonds is 6. The summed E-state index contributed by atoms with van der Waals surface area (Å²) in [6, 6.07) is 71.6. The molecule has 0 fully saturated rings. The first-order valence-electron chi connectivity index (χ1n) is 21.0. The fourth-order valence-corrected chi connectivity index (χ4v) is 9.75. The zero-order chi connectivity index (χ0) is 41.1. The number of nitrogens with one attached hydrogen (secondary N) is 1. The third-order valence-corrected chi connectivity index (χ3v) is 12.8. The molecule has 0 bridgehead atoms. The molecule has 10 aromatic rings. The van der Waals surface area contributed by atoms with E-state index in [2.05, 4.69) is 196 Å². The van der Waals surface area contributed by atoms with Crippen molar-refractivity contribution in [2.75, 3.05) is 0 Å². The summed E-state index contributed by atoms with van der Waals surface area (Å²) in [5.41, 5.74) is 13.9. The van der Waals surface area contributed by atoms with Crippen LogP contribution in [0.3, 0.4) is 0 Å². The van der Waals surface area contributed by atoms with Gasteiger partial charge in [0.15, 0.2) is 5.84 Å². The average Bonchev–Trinajstić information content (AvgIpc) is 3.55. The molecule has 0 aromatic heterocycles. The maximum atomic E-state index is 8.97. The summed E-state index contributed by atoms with van der Waals surface area (Å²) in [7, 11) is 0. The summed E-state index contributed by atoms with van der Waals surface area (Å²) in [6.45, 7) is 4.74. The van der Waals surface area contributed by atoms with Crippen LogP contribution in [-0.4, -0.2) is 11.5 Å². The molecular weight excluding hydrogens is 737 g/mol. The molecule has 0 aliphatic heterocycles. The molecule has 0 atom stereocenters. The molecule has 11 rings (SSSR count). The minimum Gasteiger partial charge on any atom is -0.282 e. The van der Waals surface area contributed by atoms with Gasteiger partial charge in [-0.3, -0.25) is 5.41 Å². The standard InChI is InChI=1S/C59H42N2/c1-59(2)54-35-29-39-16-7-9-22-46(39)57(54)53-32-28-42(37-55(53)59)45-33-34-51(49-25-13-12-24-48(45)49)50-31-27-40(43-20-10-11-23-47(43)50)30-36-56(61-58(60)41-17-4-3-5-18-41)52-26-14-19-38-15-6-8-21-44(38)52/h3-37,60H,1-2H3/b36-30+,60-58?,61-56?. The SMILES string of the molecule is CC1(C)c2cc(-c3ccc(-c4ccc(/C=C/C(=NC(=N)c5ccccc5)c5cccc6ccccc56)c5ccccc45)c4ccccc34)ccc2-c2c1ccc1ccccc21. The fraction of sp³-hybridized carbons (Fsp3) is 0.0508. The van der Waals surface area contributed by atoms with Crippen LogP contribution in [0.5, 0.6) is 0 Å². The molecular formula is C59H42N2. The van der Waals surface area contributed by atoms with Crippen LogP contribution in [0.1, 0.15) is 41.7 Å². The Morgan fingerprint density at radius 1 is 0.459 bits per heavy atom.